The Hall–Kier alpha value is -1.91. The van der Waals surface area contributed by atoms with Gasteiger partial charge in [0.2, 0.25) is 10.0 Å². The number of thioether (sulfide) groups is 1. The molecule has 2 aliphatic heterocycles. The van der Waals surface area contributed by atoms with E-state index in [0.29, 0.717) is 32.3 Å². The molecular weight excluding hydrogens is 496 g/mol. The SMILES string of the molecule is CCc1cc2c(cc1SC(CC(CC)CCNS(=O)(=O)C1CC1)=NC1C(C)=NCN=C1C)OCCO2. The first kappa shape index (κ1) is 27.1. The molecule has 0 amide bonds. The maximum atomic E-state index is 12.3. The lowest BCUT2D eigenvalue weighted by Gasteiger charge is -2.23. The second-order valence-corrected chi connectivity index (χ2v) is 12.8. The van der Waals surface area contributed by atoms with Crippen molar-refractivity contribution in [3.05, 3.63) is 17.7 Å². The molecule has 1 N–H and O–H groups in total. The largest absolute Gasteiger partial charge is 0.486 e. The molecule has 36 heavy (non-hydrogen) atoms. The molecule has 1 aromatic carbocycles. The Kier molecular flexibility index (Phi) is 9.11. The van der Waals surface area contributed by atoms with Crippen LogP contribution in [0.15, 0.2) is 32.0 Å². The van der Waals surface area contributed by atoms with Crippen molar-refractivity contribution in [2.45, 2.75) is 82.4 Å². The van der Waals surface area contributed by atoms with Gasteiger partial charge in [-0.25, -0.2) is 13.1 Å². The van der Waals surface area contributed by atoms with Crippen LogP contribution in [0.25, 0.3) is 0 Å². The highest BCUT2D eigenvalue weighted by Crippen LogP contribution is 2.39. The number of nitrogens with one attached hydrogen (secondary N) is 1. The molecule has 1 unspecified atom stereocenters. The van der Waals surface area contributed by atoms with Gasteiger partial charge in [0.15, 0.2) is 11.5 Å². The molecule has 1 aliphatic carbocycles. The second-order valence-electron chi connectivity index (χ2n) is 9.63. The zero-order valence-electron chi connectivity index (χ0n) is 21.7. The summed E-state index contributed by atoms with van der Waals surface area (Å²) < 4.78 is 39.0. The van der Waals surface area contributed by atoms with Gasteiger partial charge in [0, 0.05) is 22.9 Å². The van der Waals surface area contributed by atoms with Crippen LogP contribution >= 0.6 is 11.8 Å². The highest BCUT2D eigenvalue weighted by molar-refractivity contribution is 8.14. The second kappa shape index (κ2) is 12.1. The van der Waals surface area contributed by atoms with Crippen molar-refractivity contribution in [1.29, 1.82) is 0 Å². The monoisotopic (exact) mass is 534 g/mol. The van der Waals surface area contributed by atoms with Gasteiger partial charge < -0.3 is 9.47 Å². The molecule has 8 nitrogen and oxygen atoms in total. The molecule has 4 rings (SSSR count). The van der Waals surface area contributed by atoms with E-state index in [1.165, 1.54) is 5.56 Å². The topological polar surface area (TPSA) is 102 Å². The average Bonchev–Trinajstić information content (AvgIpc) is 3.71. The van der Waals surface area contributed by atoms with Gasteiger partial charge in [-0.1, -0.05) is 32.0 Å². The Labute approximate surface area is 219 Å². The number of ether oxygens (including phenoxy) is 2. The number of aryl methyl sites for hydroxylation is 1. The molecule has 198 valence electrons. The lowest BCUT2D eigenvalue weighted by molar-refractivity contribution is 0.171. The van der Waals surface area contributed by atoms with Crippen LogP contribution in [0.5, 0.6) is 11.5 Å². The van der Waals surface area contributed by atoms with Crippen molar-refractivity contribution >= 4 is 38.3 Å². The molecule has 0 bridgehead atoms. The summed E-state index contributed by atoms with van der Waals surface area (Å²) in [6.45, 7) is 10.4. The third-order valence-electron chi connectivity index (χ3n) is 6.90. The van der Waals surface area contributed by atoms with E-state index in [-0.39, 0.29) is 11.3 Å². The van der Waals surface area contributed by atoms with Gasteiger partial charge in [0.25, 0.3) is 0 Å². The molecule has 1 fully saturated rings. The minimum atomic E-state index is -3.17. The van der Waals surface area contributed by atoms with Gasteiger partial charge in [-0.05, 0) is 69.6 Å². The van der Waals surface area contributed by atoms with E-state index >= 15 is 0 Å². The number of benzene rings is 1. The summed E-state index contributed by atoms with van der Waals surface area (Å²) in [5.74, 6) is 1.88. The Bertz CT molecular complexity index is 1120. The fourth-order valence-corrected chi connectivity index (χ4v) is 7.02. The number of hydrogen-bond donors (Lipinski definition) is 1. The van der Waals surface area contributed by atoms with Gasteiger partial charge in [0.1, 0.15) is 25.9 Å². The summed E-state index contributed by atoms with van der Waals surface area (Å²) in [7, 11) is -3.17. The number of hydrogen-bond acceptors (Lipinski definition) is 8. The maximum absolute atomic E-state index is 12.3. The molecule has 1 saturated carbocycles. The van der Waals surface area contributed by atoms with Crippen molar-refractivity contribution < 1.29 is 17.9 Å². The highest BCUT2D eigenvalue weighted by Gasteiger charge is 2.35. The van der Waals surface area contributed by atoms with E-state index < -0.39 is 10.0 Å². The molecule has 3 aliphatic rings. The zero-order chi connectivity index (χ0) is 25.7. The van der Waals surface area contributed by atoms with Crippen LogP contribution in [-0.2, 0) is 16.4 Å². The first-order chi connectivity index (χ1) is 17.3. The van der Waals surface area contributed by atoms with Crippen LogP contribution in [0.1, 0.15) is 65.4 Å². The molecular formula is C26H38N4O4S2. The molecule has 1 atom stereocenters. The first-order valence-corrected chi connectivity index (χ1v) is 15.3. The lowest BCUT2D eigenvalue weighted by atomic mass is 9.99. The van der Waals surface area contributed by atoms with Crippen LogP contribution in [0.2, 0.25) is 0 Å². The minimum absolute atomic E-state index is 0.158. The number of fused-ring (bicyclic) bond motifs is 1. The lowest BCUT2D eigenvalue weighted by Crippen LogP contribution is -2.30. The van der Waals surface area contributed by atoms with Gasteiger partial charge >= 0.3 is 0 Å². The fourth-order valence-electron chi connectivity index (χ4n) is 4.39. The van der Waals surface area contributed by atoms with Crippen molar-refractivity contribution in [1.82, 2.24) is 4.72 Å². The van der Waals surface area contributed by atoms with Gasteiger partial charge in [-0.3, -0.25) is 15.0 Å². The number of nitrogens with zero attached hydrogens (tertiary/aromatic N) is 3. The maximum Gasteiger partial charge on any atom is 0.214 e. The average molecular weight is 535 g/mol. The fraction of sp³-hybridized carbons (Fsp3) is 0.654. The van der Waals surface area contributed by atoms with E-state index in [1.54, 1.807) is 11.8 Å². The molecule has 0 spiro atoms. The summed E-state index contributed by atoms with van der Waals surface area (Å²) in [4.78, 5) is 15.3. The van der Waals surface area contributed by atoms with E-state index in [0.717, 1.165) is 71.4 Å². The van der Waals surface area contributed by atoms with Crippen molar-refractivity contribution in [3.8, 4) is 11.5 Å². The predicted octanol–water partition coefficient (Wildman–Crippen LogP) is 4.66. The number of rotatable bonds is 11. The van der Waals surface area contributed by atoms with E-state index in [4.69, 9.17) is 14.5 Å². The minimum Gasteiger partial charge on any atom is -0.486 e. The van der Waals surface area contributed by atoms with Crippen LogP contribution in [0.4, 0.5) is 0 Å². The Morgan fingerprint density at radius 1 is 1.14 bits per heavy atom. The molecule has 2 heterocycles. The zero-order valence-corrected chi connectivity index (χ0v) is 23.4. The van der Waals surface area contributed by atoms with Gasteiger partial charge in [-0.2, -0.15) is 0 Å². The third kappa shape index (κ3) is 6.89. The van der Waals surface area contributed by atoms with Crippen molar-refractivity contribution in [3.63, 3.8) is 0 Å². The standard InChI is InChI=1S/C26H38N4O4S2/c1-5-19(9-10-29-36(31,32)21-7-8-21)13-25(30-26-17(3)27-16-28-18(26)4)35-24-15-23-22(14-20(24)6-2)33-11-12-34-23/h14-15,19,21,26,29H,5-13,16H2,1-4H3. The Balaban J connectivity index is 1.55. The van der Waals surface area contributed by atoms with Crippen LogP contribution in [-0.4, -0.2) is 62.6 Å². The smallest absolute Gasteiger partial charge is 0.214 e. The Morgan fingerprint density at radius 3 is 2.42 bits per heavy atom. The molecule has 10 heteroatoms. The van der Waals surface area contributed by atoms with Gasteiger partial charge in [-0.15, -0.1) is 0 Å². The number of sulfonamides is 1. The summed E-state index contributed by atoms with van der Waals surface area (Å²) >= 11 is 1.67. The van der Waals surface area contributed by atoms with Crippen LogP contribution in [0, 0.1) is 5.92 Å². The van der Waals surface area contributed by atoms with Gasteiger partial charge in [0.05, 0.1) is 10.3 Å². The van der Waals surface area contributed by atoms with Crippen molar-refractivity contribution in [2.24, 2.45) is 20.9 Å². The predicted molar refractivity (Wildman–Crippen MR) is 148 cm³/mol. The summed E-state index contributed by atoms with van der Waals surface area (Å²) in [6.07, 6.45) is 4.90. The number of aliphatic imine (C=N–C) groups is 3. The first-order valence-electron chi connectivity index (χ1n) is 13.0. The van der Waals surface area contributed by atoms with Crippen molar-refractivity contribution in [2.75, 3.05) is 26.4 Å². The molecule has 1 aromatic rings. The summed E-state index contributed by atoms with van der Waals surface area (Å²) in [5, 5.41) is 0.818. The molecule has 0 radical (unpaired) electrons. The summed E-state index contributed by atoms with van der Waals surface area (Å²) in [5.41, 5.74) is 3.15. The summed E-state index contributed by atoms with van der Waals surface area (Å²) in [6, 6.07) is 3.99. The van der Waals surface area contributed by atoms with E-state index in [1.807, 2.05) is 13.8 Å². The van der Waals surface area contributed by atoms with Crippen LogP contribution in [0.3, 0.4) is 0 Å². The Morgan fingerprint density at radius 2 is 1.81 bits per heavy atom. The normalized spacial score (nSPS) is 19.6. The molecule has 0 saturated heterocycles. The third-order valence-corrected chi connectivity index (χ3v) is 9.96. The van der Waals surface area contributed by atoms with E-state index in [9.17, 15) is 8.42 Å². The van der Waals surface area contributed by atoms with Crippen LogP contribution < -0.4 is 14.2 Å². The quantitative estimate of drug-likeness (QED) is 0.253. The van der Waals surface area contributed by atoms with E-state index in [2.05, 4.69) is 40.7 Å². The highest BCUT2D eigenvalue weighted by atomic mass is 32.2. The molecule has 0 aromatic heterocycles.